The number of nitrogens with one attached hydrogen (secondary N) is 3. The monoisotopic (exact) mass is 553 g/mol. The van der Waals surface area contributed by atoms with Crippen molar-refractivity contribution in [3.05, 3.63) is 114 Å². The maximum atomic E-state index is 6.56. The van der Waals surface area contributed by atoms with Crippen LogP contribution in [0.2, 0.25) is 0 Å². The molecule has 1 saturated heterocycles. The van der Waals surface area contributed by atoms with Crippen LogP contribution in [0.1, 0.15) is 16.7 Å². The fraction of sp³-hybridized carbons (Fsp3) is 0.258. The Balaban J connectivity index is 1.26. The molecule has 3 aromatic carbocycles. The van der Waals surface area contributed by atoms with E-state index in [1.54, 1.807) is 6.33 Å². The van der Waals surface area contributed by atoms with Gasteiger partial charge in [-0.2, -0.15) is 4.98 Å². The van der Waals surface area contributed by atoms with E-state index in [9.17, 15) is 0 Å². The molecule has 0 radical (unpaired) electrons. The quantitative estimate of drug-likeness (QED) is 0.212. The lowest BCUT2D eigenvalue weighted by molar-refractivity contribution is -0.347. The number of ether oxygens (including phenoxy) is 4. The second-order valence-corrected chi connectivity index (χ2v) is 9.85. The first-order valence-corrected chi connectivity index (χ1v) is 13.6. The van der Waals surface area contributed by atoms with Gasteiger partial charge < -0.3 is 30.0 Å². The molecule has 3 heterocycles. The number of aromatic nitrogens is 4. The predicted octanol–water partition coefficient (Wildman–Crippen LogP) is 3.88. The standard InChI is InChI=1S/C31H32N6O4/c32-31-36-28-25(33-20-34-28)29(37-31)35-30-27(40-18-23-14-8-3-9-15-23)26(39-17-22-12-6-2-7-13-22)24(41-30)19-38-16-21-10-4-1-5-11-21/h1-15,20,24,26-27,30H,16-19H2,(H4,32,33,34,35,36,37)/p+1/t24-,26-,27+,30?/m1/s1. The summed E-state index contributed by atoms with van der Waals surface area (Å²) in [7, 11) is 0. The summed E-state index contributed by atoms with van der Waals surface area (Å²) in [5, 5.41) is 3.40. The van der Waals surface area contributed by atoms with Gasteiger partial charge >= 0.3 is 5.65 Å². The second kappa shape index (κ2) is 12.9. The molecule has 0 amide bonds. The Bertz CT molecular complexity index is 1520. The Kier molecular flexibility index (Phi) is 8.43. The molecular formula is C31H33N6O4+. The normalized spacial score (nSPS) is 20.4. The average Bonchev–Trinajstić information content (AvgIpc) is 3.61. The first-order chi connectivity index (χ1) is 20.2. The lowest BCUT2D eigenvalue weighted by atomic mass is 10.1. The second-order valence-electron chi connectivity index (χ2n) is 9.85. The molecule has 210 valence electrons. The van der Waals surface area contributed by atoms with Gasteiger partial charge in [0.2, 0.25) is 5.52 Å². The molecule has 0 spiro atoms. The Hall–Kier alpha value is -4.35. The Morgan fingerprint density at radius 2 is 1.37 bits per heavy atom. The molecule has 4 atom stereocenters. The van der Waals surface area contributed by atoms with Crippen molar-refractivity contribution < 1.29 is 23.9 Å². The van der Waals surface area contributed by atoms with Crippen molar-refractivity contribution in [2.24, 2.45) is 0 Å². The van der Waals surface area contributed by atoms with Crippen LogP contribution in [0, 0.1) is 0 Å². The van der Waals surface area contributed by atoms with Crippen LogP contribution in [0.4, 0.5) is 11.8 Å². The molecule has 41 heavy (non-hydrogen) atoms. The fourth-order valence-electron chi connectivity index (χ4n) is 4.90. The first-order valence-electron chi connectivity index (χ1n) is 13.6. The van der Waals surface area contributed by atoms with E-state index in [0.717, 1.165) is 16.7 Å². The highest BCUT2D eigenvalue weighted by Gasteiger charge is 2.47. The summed E-state index contributed by atoms with van der Waals surface area (Å²) in [5.74, 6) is 0.634. The predicted molar refractivity (Wildman–Crippen MR) is 153 cm³/mol. The summed E-state index contributed by atoms with van der Waals surface area (Å²) >= 11 is 0. The van der Waals surface area contributed by atoms with Gasteiger partial charge in [0, 0.05) is 0 Å². The van der Waals surface area contributed by atoms with E-state index < -0.39 is 24.5 Å². The maximum absolute atomic E-state index is 6.56. The van der Waals surface area contributed by atoms with Crippen LogP contribution < -0.4 is 16.0 Å². The topological polar surface area (TPSA) is 131 Å². The molecule has 0 aliphatic carbocycles. The maximum Gasteiger partial charge on any atom is 0.307 e. The number of fused-ring (bicyclic) bond motifs is 1. The molecule has 2 aromatic heterocycles. The lowest BCUT2D eigenvalue weighted by Crippen LogP contribution is -2.41. The van der Waals surface area contributed by atoms with Crippen LogP contribution in [0.3, 0.4) is 0 Å². The smallest absolute Gasteiger partial charge is 0.307 e. The van der Waals surface area contributed by atoms with E-state index in [1.165, 1.54) is 0 Å². The van der Waals surface area contributed by atoms with Gasteiger partial charge in [-0.25, -0.2) is 4.98 Å². The van der Waals surface area contributed by atoms with Crippen LogP contribution in [0.15, 0.2) is 97.3 Å². The molecule has 10 nitrogen and oxygen atoms in total. The Morgan fingerprint density at radius 3 is 2.00 bits per heavy atom. The number of nitrogen functional groups attached to an aromatic ring is 1. The molecule has 5 N–H and O–H groups in total. The highest BCUT2D eigenvalue weighted by atomic mass is 16.6. The molecule has 1 aliphatic rings. The van der Waals surface area contributed by atoms with Crippen molar-refractivity contribution >= 4 is 22.9 Å². The zero-order chi connectivity index (χ0) is 27.9. The van der Waals surface area contributed by atoms with Crippen LogP contribution in [0.25, 0.3) is 11.2 Å². The molecule has 1 aliphatic heterocycles. The number of hydrogen-bond donors (Lipinski definition) is 3. The number of rotatable bonds is 12. The van der Waals surface area contributed by atoms with E-state index in [2.05, 4.69) is 25.3 Å². The molecule has 6 rings (SSSR count). The number of H-pyrrole nitrogens is 2. The van der Waals surface area contributed by atoms with Gasteiger partial charge in [0.15, 0.2) is 18.4 Å². The van der Waals surface area contributed by atoms with Gasteiger partial charge in [0.05, 0.1) is 26.4 Å². The van der Waals surface area contributed by atoms with Gasteiger partial charge in [-0.05, 0) is 16.7 Å². The molecule has 0 bridgehead atoms. The third kappa shape index (κ3) is 6.69. The summed E-state index contributed by atoms with van der Waals surface area (Å²) in [6, 6.07) is 30.1. The third-order valence-electron chi connectivity index (χ3n) is 6.90. The summed E-state index contributed by atoms with van der Waals surface area (Å²) in [6.07, 6.45) is -0.267. The zero-order valence-corrected chi connectivity index (χ0v) is 22.5. The molecular weight excluding hydrogens is 520 g/mol. The number of aromatic amines is 2. The van der Waals surface area contributed by atoms with Crippen LogP contribution >= 0.6 is 0 Å². The first kappa shape index (κ1) is 26.9. The highest BCUT2D eigenvalue weighted by molar-refractivity contribution is 5.81. The number of anilines is 2. The van der Waals surface area contributed by atoms with E-state index in [0.29, 0.717) is 43.4 Å². The van der Waals surface area contributed by atoms with E-state index in [4.69, 9.17) is 24.7 Å². The number of imidazole rings is 1. The number of benzene rings is 3. The summed E-state index contributed by atoms with van der Waals surface area (Å²) in [5.41, 5.74) is 10.4. The van der Waals surface area contributed by atoms with Crippen LogP contribution in [0.5, 0.6) is 0 Å². The Labute approximate surface area is 237 Å². The van der Waals surface area contributed by atoms with Crippen molar-refractivity contribution in [1.82, 2.24) is 15.0 Å². The highest BCUT2D eigenvalue weighted by Crippen LogP contribution is 2.31. The average molecular weight is 554 g/mol. The van der Waals surface area contributed by atoms with E-state index in [-0.39, 0.29) is 5.95 Å². The van der Waals surface area contributed by atoms with Gasteiger partial charge in [0.1, 0.15) is 18.3 Å². The Morgan fingerprint density at radius 1 is 0.780 bits per heavy atom. The number of nitrogens with zero attached hydrogens (tertiary/aromatic N) is 2. The van der Waals surface area contributed by atoms with Gasteiger partial charge in [-0.3, -0.25) is 4.98 Å². The molecule has 1 fully saturated rings. The fourth-order valence-corrected chi connectivity index (χ4v) is 4.90. The van der Waals surface area contributed by atoms with Gasteiger partial charge in [-0.1, -0.05) is 96.0 Å². The number of hydrogen-bond acceptors (Lipinski definition) is 8. The molecule has 1 unspecified atom stereocenters. The minimum Gasteiger partial charge on any atom is -0.374 e. The third-order valence-corrected chi connectivity index (χ3v) is 6.90. The van der Waals surface area contributed by atoms with Crippen LogP contribution in [-0.4, -0.2) is 46.1 Å². The van der Waals surface area contributed by atoms with Crippen molar-refractivity contribution in [3.63, 3.8) is 0 Å². The van der Waals surface area contributed by atoms with Crippen molar-refractivity contribution in [3.8, 4) is 0 Å². The van der Waals surface area contributed by atoms with Crippen LogP contribution in [-0.2, 0) is 38.8 Å². The zero-order valence-electron chi connectivity index (χ0n) is 22.5. The summed E-state index contributed by atoms with van der Waals surface area (Å²) in [4.78, 5) is 14.9. The van der Waals surface area contributed by atoms with E-state index in [1.807, 2.05) is 91.0 Å². The van der Waals surface area contributed by atoms with Crippen molar-refractivity contribution in [2.75, 3.05) is 17.7 Å². The van der Waals surface area contributed by atoms with Crippen molar-refractivity contribution in [2.45, 2.75) is 44.4 Å². The SMILES string of the molecule is Nc1nc(NC2O[C@H](COCc3ccccc3)[C@@H](OCc3ccccc3)[C@@H]2OCc2ccccc2)c2[nH]c[nH+]c2n1. The van der Waals surface area contributed by atoms with Crippen molar-refractivity contribution in [1.29, 1.82) is 0 Å². The molecule has 5 aromatic rings. The molecule has 0 saturated carbocycles. The van der Waals surface area contributed by atoms with E-state index >= 15 is 0 Å². The van der Waals surface area contributed by atoms with Gasteiger partial charge in [-0.15, -0.1) is 0 Å². The van der Waals surface area contributed by atoms with Gasteiger partial charge in [0.25, 0.3) is 5.95 Å². The summed E-state index contributed by atoms with van der Waals surface area (Å²) < 4.78 is 25.7. The summed E-state index contributed by atoms with van der Waals surface area (Å²) in [6.45, 7) is 1.56. The minimum atomic E-state index is -0.606. The largest absolute Gasteiger partial charge is 0.374 e. The minimum absolute atomic E-state index is 0.134. The molecule has 10 heteroatoms. The number of nitrogens with two attached hydrogens (primary N) is 1. The lowest BCUT2D eigenvalue weighted by Gasteiger charge is -2.25.